The van der Waals surface area contributed by atoms with E-state index in [2.05, 4.69) is 20.7 Å². The highest BCUT2D eigenvalue weighted by molar-refractivity contribution is 5.98. The van der Waals surface area contributed by atoms with Crippen molar-refractivity contribution in [3.05, 3.63) is 48.5 Å². The highest BCUT2D eigenvalue weighted by Crippen LogP contribution is 2.30. The van der Waals surface area contributed by atoms with Gasteiger partial charge in [0.2, 0.25) is 11.8 Å². The summed E-state index contributed by atoms with van der Waals surface area (Å²) in [6, 6.07) is 12.4. The summed E-state index contributed by atoms with van der Waals surface area (Å²) in [6.07, 6.45) is 1.83. The van der Waals surface area contributed by atoms with Crippen molar-refractivity contribution in [3.8, 4) is 5.75 Å². The number of nitrogens with one attached hydrogen (secondary N) is 3. The second-order valence-corrected chi connectivity index (χ2v) is 6.57. The molecule has 0 aliphatic heterocycles. The van der Waals surface area contributed by atoms with Gasteiger partial charge in [-0.05, 0) is 50.1 Å². The zero-order valence-electron chi connectivity index (χ0n) is 15.2. The SMILES string of the molecule is CC(Nc1cccc(NC(=O)C2CC2)c1)C(=O)Nc1ccccc1OC(F)F. The second-order valence-electron chi connectivity index (χ2n) is 6.57. The number of rotatable bonds is 8. The molecule has 3 N–H and O–H groups in total. The summed E-state index contributed by atoms with van der Waals surface area (Å²) in [5.74, 6) is -0.434. The van der Waals surface area contributed by atoms with Crippen LogP contribution in [0.15, 0.2) is 48.5 Å². The van der Waals surface area contributed by atoms with E-state index >= 15 is 0 Å². The van der Waals surface area contributed by atoms with Crippen LogP contribution < -0.4 is 20.7 Å². The Morgan fingerprint density at radius 1 is 1.04 bits per heavy atom. The molecule has 1 aliphatic carbocycles. The first-order valence-corrected chi connectivity index (χ1v) is 8.94. The number of carbonyl (C=O) groups excluding carboxylic acids is 2. The van der Waals surface area contributed by atoms with E-state index in [1.165, 1.54) is 18.2 Å². The maximum atomic E-state index is 12.5. The van der Waals surface area contributed by atoms with Gasteiger partial charge in [0.25, 0.3) is 0 Å². The van der Waals surface area contributed by atoms with Gasteiger partial charge in [0.15, 0.2) is 0 Å². The average molecular weight is 389 g/mol. The maximum Gasteiger partial charge on any atom is 0.387 e. The number of hydrogen-bond acceptors (Lipinski definition) is 4. The zero-order chi connectivity index (χ0) is 20.1. The monoisotopic (exact) mass is 389 g/mol. The van der Waals surface area contributed by atoms with E-state index in [1.807, 2.05) is 0 Å². The van der Waals surface area contributed by atoms with Gasteiger partial charge in [-0.25, -0.2) is 0 Å². The van der Waals surface area contributed by atoms with E-state index in [4.69, 9.17) is 0 Å². The molecule has 1 atom stereocenters. The molecule has 8 heteroatoms. The van der Waals surface area contributed by atoms with Crippen LogP contribution in [0.4, 0.5) is 25.8 Å². The Kier molecular flexibility index (Phi) is 6.08. The van der Waals surface area contributed by atoms with Gasteiger partial charge in [-0.1, -0.05) is 18.2 Å². The van der Waals surface area contributed by atoms with Crippen molar-refractivity contribution >= 4 is 28.9 Å². The normalized spacial score (nSPS) is 14.3. The van der Waals surface area contributed by atoms with E-state index in [1.54, 1.807) is 37.3 Å². The number of anilines is 3. The van der Waals surface area contributed by atoms with Gasteiger partial charge >= 0.3 is 6.61 Å². The number of hydrogen-bond donors (Lipinski definition) is 3. The average Bonchev–Trinajstić information content (AvgIpc) is 3.48. The Morgan fingerprint density at radius 3 is 2.46 bits per heavy atom. The minimum Gasteiger partial charge on any atom is -0.433 e. The van der Waals surface area contributed by atoms with Crippen molar-refractivity contribution in [1.29, 1.82) is 0 Å². The number of para-hydroxylation sites is 2. The van der Waals surface area contributed by atoms with E-state index in [9.17, 15) is 18.4 Å². The van der Waals surface area contributed by atoms with Crippen molar-refractivity contribution in [2.75, 3.05) is 16.0 Å². The van der Waals surface area contributed by atoms with Crippen molar-refractivity contribution in [2.45, 2.75) is 32.4 Å². The first-order valence-electron chi connectivity index (χ1n) is 8.94. The third-order valence-corrected chi connectivity index (χ3v) is 4.22. The summed E-state index contributed by atoms with van der Waals surface area (Å²) in [4.78, 5) is 24.3. The Hall–Kier alpha value is -3.16. The molecule has 1 fully saturated rings. The fraction of sp³-hybridized carbons (Fsp3) is 0.300. The lowest BCUT2D eigenvalue weighted by atomic mass is 10.2. The van der Waals surface area contributed by atoms with Crippen molar-refractivity contribution < 1.29 is 23.1 Å². The van der Waals surface area contributed by atoms with Gasteiger partial charge in [-0.15, -0.1) is 0 Å². The molecule has 0 heterocycles. The Bertz CT molecular complexity index is 856. The summed E-state index contributed by atoms with van der Waals surface area (Å²) >= 11 is 0. The summed E-state index contributed by atoms with van der Waals surface area (Å²) in [5, 5.41) is 8.45. The van der Waals surface area contributed by atoms with Crippen LogP contribution in [0.5, 0.6) is 5.75 Å². The first kappa shape index (κ1) is 19.6. The predicted octanol–water partition coefficient (Wildman–Crippen LogP) is 4.08. The van der Waals surface area contributed by atoms with Gasteiger partial charge in [-0.3, -0.25) is 9.59 Å². The van der Waals surface area contributed by atoms with Crippen LogP contribution >= 0.6 is 0 Å². The van der Waals surface area contributed by atoms with E-state index in [0.29, 0.717) is 11.4 Å². The maximum absolute atomic E-state index is 12.5. The summed E-state index contributed by atoms with van der Waals surface area (Å²) in [7, 11) is 0. The van der Waals surface area contributed by atoms with Gasteiger partial charge in [-0.2, -0.15) is 8.78 Å². The largest absolute Gasteiger partial charge is 0.433 e. The molecule has 1 unspecified atom stereocenters. The molecule has 6 nitrogen and oxygen atoms in total. The molecule has 148 valence electrons. The Labute approximate surface area is 161 Å². The van der Waals surface area contributed by atoms with E-state index in [0.717, 1.165) is 12.8 Å². The molecule has 0 saturated heterocycles. The van der Waals surface area contributed by atoms with Gasteiger partial charge < -0.3 is 20.7 Å². The molecule has 3 rings (SSSR count). The van der Waals surface area contributed by atoms with Crippen LogP contribution in [0.2, 0.25) is 0 Å². The molecular weight excluding hydrogens is 368 g/mol. The molecule has 2 aromatic rings. The third kappa shape index (κ3) is 5.42. The molecule has 0 radical (unpaired) electrons. The molecule has 2 amide bonds. The molecule has 1 aliphatic rings. The molecule has 1 saturated carbocycles. The van der Waals surface area contributed by atoms with Crippen molar-refractivity contribution in [3.63, 3.8) is 0 Å². The van der Waals surface area contributed by atoms with E-state index in [-0.39, 0.29) is 23.3 Å². The molecule has 0 aromatic heterocycles. The van der Waals surface area contributed by atoms with Crippen LogP contribution in [0, 0.1) is 5.92 Å². The number of carbonyl (C=O) groups is 2. The van der Waals surface area contributed by atoms with E-state index < -0.39 is 18.6 Å². The predicted molar refractivity (Wildman–Crippen MR) is 103 cm³/mol. The fourth-order valence-electron chi connectivity index (χ4n) is 2.60. The Morgan fingerprint density at radius 2 is 1.75 bits per heavy atom. The highest BCUT2D eigenvalue weighted by Gasteiger charge is 2.29. The number of alkyl halides is 2. The standard InChI is InChI=1S/C20H21F2N3O3/c1-12(18(26)25-16-7-2-3-8-17(16)28-20(21)22)23-14-5-4-6-15(11-14)24-19(27)13-9-10-13/h2-8,11-13,20,23H,9-10H2,1H3,(H,24,27)(H,25,26). The summed E-state index contributed by atoms with van der Waals surface area (Å²) in [5.41, 5.74) is 1.45. The van der Waals surface area contributed by atoms with Crippen LogP contribution in [0.25, 0.3) is 0 Å². The number of halogens is 2. The molecule has 0 bridgehead atoms. The van der Waals surface area contributed by atoms with Crippen molar-refractivity contribution in [2.24, 2.45) is 5.92 Å². The topological polar surface area (TPSA) is 79.5 Å². The third-order valence-electron chi connectivity index (χ3n) is 4.22. The zero-order valence-corrected chi connectivity index (χ0v) is 15.2. The number of amides is 2. The first-order chi connectivity index (χ1) is 13.4. The highest BCUT2D eigenvalue weighted by atomic mass is 19.3. The summed E-state index contributed by atoms with van der Waals surface area (Å²) in [6.45, 7) is -1.34. The van der Waals surface area contributed by atoms with Crippen LogP contribution in [0.3, 0.4) is 0 Å². The fourth-order valence-corrected chi connectivity index (χ4v) is 2.60. The lowest BCUT2D eigenvalue weighted by Crippen LogP contribution is -2.32. The molecular formula is C20H21F2N3O3. The van der Waals surface area contributed by atoms with Gasteiger partial charge in [0.05, 0.1) is 5.69 Å². The quantitative estimate of drug-likeness (QED) is 0.636. The minimum absolute atomic E-state index is 0.00132. The van der Waals surface area contributed by atoms with Crippen LogP contribution in [0.1, 0.15) is 19.8 Å². The van der Waals surface area contributed by atoms with Gasteiger partial charge in [0, 0.05) is 17.3 Å². The molecule has 0 spiro atoms. The second kappa shape index (κ2) is 8.69. The summed E-state index contributed by atoms with van der Waals surface area (Å²) < 4.78 is 29.4. The molecule has 28 heavy (non-hydrogen) atoms. The van der Waals surface area contributed by atoms with Gasteiger partial charge in [0.1, 0.15) is 11.8 Å². The molecule has 2 aromatic carbocycles. The Balaban J connectivity index is 1.61. The number of ether oxygens (including phenoxy) is 1. The van der Waals surface area contributed by atoms with Crippen molar-refractivity contribution in [1.82, 2.24) is 0 Å². The van der Waals surface area contributed by atoms with Crippen LogP contribution in [-0.4, -0.2) is 24.5 Å². The lowest BCUT2D eigenvalue weighted by molar-refractivity contribution is -0.117. The minimum atomic E-state index is -2.98. The van der Waals surface area contributed by atoms with Crippen LogP contribution in [-0.2, 0) is 9.59 Å². The number of benzene rings is 2. The lowest BCUT2D eigenvalue weighted by Gasteiger charge is -2.17. The smallest absolute Gasteiger partial charge is 0.387 e.